The monoisotopic (exact) mass is 442 g/mol. The molecular weight excluding hydrogens is 415 g/mol. The molecule has 0 aliphatic carbocycles. The van der Waals surface area contributed by atoms with E-state index in [1.54, 1.807) is 18.2 Å². The maximum absolute atomic E-state index is 13.1. The average molecular weight is 442 g/mol. The second kappa shape index (κ2) is 10.9. The number of nitrogens with zero attached hydrogens (tertiary/aromatic N) is 2. The minimum absolute atomic E-state index is 0.0633. The van der Waals surface area contributed by atoms with Gasteiger partial charge in [-0.05, 0) is 30.0 Å². The lowest BCUT2D eigenvalue weighted by molar-refractivity contribution is -0.123. The number of hydrogen-bond acceptors (Lipinski definition) is 8. The van der Waals surface area contributed by atoms with Crippen LogP contribution in [0, 0.1) is 5.92 Å². The number of benzene rings is 1. The first-order valence-corrected chi connectivity index (χ1v) is 10.5. The molecular formula is C21H27BN4O6. The molecule has 1 aliphatic rings. The lowest BCUT2D eigenvalue weighted by atomic mass is 9.75. The minimum Gasteiger partial charge on any atom is -0.486 e. The van der Waals surface area contributed by atoms with Gasteiger partial charge in [0.05, 0.1) is 12.1 Å². The number of carbonyl (C=O) groups is 2. The smallest absolute Gasteiger partial charge is 0.475 e. The number of amides is 2. The summed E-state index contributed by atoms with van der Waals surface area (Å²) >= 11 is 0. The number of nitrogens with one attached hydrogen (secondary N) is 2. The number of hydrogen-bond donors (Lipinski definition) is 4. The second-order valence-corrected chi connectivity index (χ2v) is 7.96. The van der Waals surface area contributed by atoms with Crippen molar-refractivity contribution in [1.82, 2.24) is 20.6 Å². The summed E-state index contributed by atoms with van der Waals surface area (Å²) in [7, 11) is -1.73. The Balaban J connectivity index is 1.80. The van der Waals surface area contributed by atoms with Crippen LogP contribution >= 0.6 is 0 Å². The van der Waals surface area contributed by atoms with E-state index >= 15 is 0 Å². The van der Waals surface area contributed by atoms with E-state index in [0.29, 0.717) is 31.1 Å². The molecule has 0 saturated heterocycles. The lowest BCUT2D eigenvalue weighted by Gasteiger charge is -2.25. The largest absolute Gasteiger partial charge is 0.486 e. The fourth-order valence-corrected chi connectivity index (χ4v) is 3.35. The number of carbonyl (C=O) groups excluding carboxylic acids is 2. The van der Waals surface area contributed by atoms with Crippen LogP contribution in [0.15, 0.2) is 36.8 Å². The van der Waals surface area contributed by atoms with E-state index in [2.05, 4.69) is 20.6 Å². The first-order chi connectivity index (χ1) is 15.3. The predicted molar refractivity (Wildman–Crippen MR) is 116 cm³/mol. The molecule has 0 unspecified atom stereocenters. The van der Waals surface area contributed by atoms with Gasteiger partial charge in [-0.25, -0.2) is 4.98 Å². The molecule has 0 bridgehead atoms. The van der Waals surface area contributed by atoms with Crippen LogP contribution in [-0.4, -0.2) is 64.1 Å². The van der Waals surface area contributed by atoms with E-state index in [9.17, 15) is 19.6 Å². The summed E-state index contributed by atoms with van der Waals surface area (Å²) < 4.78 is 11.1. The number of aromatic nitrogens is 2. The molecule has 10 nitrogen and oxygen atoms in total. The Hall–Kier alpha value is -3.18. The van der Waals surface area contributed by atoms with Crippen molar-refractivity contribution < 1.29 is 29.1 Å². The topological polar surface area (TPSA) is 143 Å². The van der Waals surface area contributed by atoms with Crippen molar-refractivity contribution >= 4 is 18.9 Å². The molecule has 1 aromatic carbocycles. The highest BCUT2D eigenvalue weighted by Crippen LogP contribution is 2.31. The molecule has 32 heavy (non-hydrogen) atoms. The molecule has 2 heterocycles. The van der Waals surface area contributed by atoms with Crippen molar-refractivity contribution in [1.29, 1.82) is 0 Å². The van der Waals surface area contributed by atoms with Crippen LogP contribution < -0.4 is 20.1 Å². The van der Waals surface area contributed by atoms with E-state index in [1.807, 2.05) is 13.8 Å². The van der Waals surface area contributed by atoms with Gasteiger partial charge < -0.3 is 30.2 Å². The van der Waals surface area contributed by atoms with Crippen molar-refractivity contribution in [2.75, 3.05) is 13.2 Å². The molecule has 170 valence electrons. The molecule has 1 aliphatic heterocycles. The Morgan fingerprint density at radius 1 is 1.12 bits per heavy atom. The Bertz CT molecular complexity index is 928. The molecule has 0 spiro atoms. The van der Waals surface area contributed by atoms with Gasteiger partial charge in [-0.1, -0.05) is 19.9 Å². The SMILES string of the molecule is CC(C)C[C@H](NC(=O)[C@H](Cc1ccc2c(c1)OCCO2)NC(=O)c1cnccn1)B(O)O. The molecule has 0 fully saturated rings. The first-order valence-electron chi connectivity index (χ1n) is 10.5. The van der Waals surface area contributed by atoms with E-state index in [1.165, 1.54) is 18.6 Å². The molecule has 4 N–H and O–H groups in total. The van der Waals surface area contributed by atoms with Crippen molar-refractivity contribution in [3.63, 3.8) is 0 Å². The molecule has 2 atom stereocenters. The van der Waals surface area contributed by atoms with E-state index in [0.717, 1.165) is 5.56 Å². The lowest BCUT2D eigenvalue weighted by Crippen LogP contribution is -2.55. The molecule has 2 aromatic rings. The van der Waals surface area contributed by atoms with Gasteiger partial charge in [0.1, 0.15) is 24.9 Å². The van der Waals surface area contributed by atoms with Gasteiger partial charge in [-0.2, -0.15) is 0 Å². The number of rotatable bonds is 9. The summed E-state index contributed by atoms with van der Waals surface area (Å²) in [5.41, 5.74) is 0.798. The maximum atomic E-state index is 13.1. The molecule has 3 rings (SSSR count). The predicted octanol–water partition coefficient (Wildman–Crippen LogP) is 0.132. The molecule has 11 heteroatoms. The average Bonchev–Trinajstić information content (AvgIpc) is 2.78. The third kappa shape index (κ3) is 6.41. The highest BCUT2D eigenvalue weighted by molar-refractivity contribution is 6.43. The standard InChI is InChI=1S/C21H27BN4O6/c1-13(2)9-19(22(29)30)26-20(27)15(25-21(28)16-12-23-5-6-24-16)10-14-3-4-17-18(11-14)32-8-7-31-17/h3-6,11-13,15,19,29-30H,7-10H2,1-2H3,(H,25,28)(H,26,27)/t15-,19-/m0/s1. The van der Waals surface area contributed by atoms with Crippen LogP contribution in [0.1, 0.15) is 36.3 Å². The molecule has 0 radical (unpaired) electrons. The molecule has 0 saturated carbocycles. The Kier molecular flexibility index (Phi) is 8.01. The maximum Gasteiger partial charge on any atom is 0.475 e. The highest BCUT2D eigenvalue weighted by atomic mass is 16.6. The Morgan fingerprint density at radius 3 is 2.53 bits per heavy atom. The third-order valence-electron chi connectivity index (χ3n) is 4.88. The van der Waals surface area contributed by atoms with Crippen LogP contribution in [-0.2, 0) is 11.2 Å². The Morgan fingerprint density at radius 2 is 1.88 bits per heavy atom. The fraction of sp³-hybridized carbons (Fsp3) is 0.429. The number of fused-ring (bicyclic) bond motifs is 1. The summed E-state index contributed by atoms with van der Waals surface area (Å²) in [6, 6.07) is 4.30. The summed E-state index contributed by atoms with van der Waals surface area (Å²) in [6.45, 7) is 4.70. The van der Waals surface area contributed by atoms with Gasteiger partial charge in [0.25, 0.3) is 5.91 Å². The summed E-state index contributed by atoms with van der Waals surface area (Å²) in [4.78, 5) is 33.5. The van der Waals surface area contributed by atoms with Crippen molar-refractivity contribution in [2.24, 2.45) is 5.92 Å². The molecule has 1 aromatic heterocycles. The zero-order valence-corrected chi connectivity index (χ0v) is 18.0. The van der Waals surface area contributed by atoms with Gasteiger partial charge in [0, 0.05) is 18.8 Å². The minimum atomic E-state index is -1.73. The van der Waals surface area contributed by atoms with Crippen LogP contribution in [0.5, 0.6) is 11.5 Å². The third-order valence-corrected chi connectivity index (χ3v) is 4.88. The van der Waals surface area contributed by atoms with E-state index in [-0.39, 0.29) is 18.0 Å². The summed E-state index contributed by atoms with van der Waals surface area (Å²) in [5, 5.41) is 24.7. The van der Waals surface area contributed by atoms with Gasteiger partial charge in [-0.3, -0.25) is 14.6 Å². The summed E-state index contributed by atoms with van der Waals surface area (Å²) in [5.74, 6) is -0.690. The second-order valence-electron chi connectivity index (χ2n) is 7.96. The van der Waals surface area contributed by atoms with Crippen LogP contribution in [0.4, 0.5) is 0 Å². The van der Waals surface area contributed by atoms with Crippen molar-refractivity contribution in [3.8, 4) is 11.5 Å². The zero-order chi connectivity index (χ0) is 23.1. The Labute approximate surface area is 186 Å². The molecule has 2 amide bonds. The van der Waals surface area contributed by atoms with Gasteiger partial charge in [0.15, 0.2) is 11.5 Å². The fourth-order valence-electron chi connectivity index (χ4n) is 3.35. The number of ether oxygens (including phenoxy) is 2. The normalized spacial score (nSPS) is 14.4. The van der Waals surface area contributed by atoms with E-state index < -0.39 is 30.9 Å². The quantitative estimate of drug-likeness (QED) is 0.402. The van der Waals surface area contributed by atoms with Gasteiger partial charge >= 0.3 is 7.12 Å². The highest BCUT2D eigenvalue weighted by Gasteiger charge is 2.30. The van der Waals surface area contributed by atoms with Crippen molar-refractivity contribution in [3.05, 3.63) is 48.0 Å². The van der Waals surface area contributed by atoms with Crippen LogP contribution in [0.3, 0.4) is 0 Å². The van der Waals surface area contributed by atoms with Crippen LogP contribution in [0.2, 0.25) is 0 Å². The zero-order valence-electron chi connectivity index (χ0n) is 18.0. The van der Waals surface area contributed by atoms with Gasteiger partial charge in [-0.15, -0.1) is 0 Å². The van der Waals surface area contributed by atoms with Crippen LogP contribution in [0.25, 0.3) is 0 Å². The van der Waals surface area contributed by atoms with Crippen molar-refractivity contribution in [2.45, 2.75) is 38.7 Å². The van der Waals surface area contributed by atoms with Gasteiger partial charge in [0.2, 0.25) is 5.91 Å². The van der Waals surface area contributed by atoms with E-state index in [4.69, 9.17) is 9.47 Å². The first kappa shape index (κ1) is 23.5. The summed E-state index contributed by atoms with van der Waals surface area (Å²) in [6.07, 6.45) is 4.62.